The van der Waals surface area contributed by atoms with Crippen molar-refractivity contribution in [2.24, 2.45) is 0 Å². The number of hydrogen-bond donors (Lipinski definition) is 1. The van der Waals surface area contributed by atoms with Crippen molar-refractivity contribution in [3.63, 3.8) is 0 Å². The van der Waals surface area contributed by atoms with Crippen LogP contribution in [0.2, 0.25) is 5.02 Å². The fraction of sp³-hybridized carbons (Fsp3) is 0.312. The molecule has 8 heteroatoms. The van der Waals surface area contributed by atoms with Gasteiger partial charge in [-0.15, -0.1) is 0 Å². The van der Waals surface area contributed by atoms with Gasteiger partial charge in [-0.2, -0.15) is 0 Å². The second kappa shape index (κ2) is 6.41. The van der Waals surface area contributed by atoms with Gasteiger partial charge < -0.3 is 14.8 Å². The zero-order chi connectivity index (χ0) is 17.4. The fourth-order valence-corrected chi connectivity index (χ4v) is 3.53. The minimum atomic E-state index is -0.455. The molecule has 0 saturated carbocycles. The van der Waals surface area contributed by atoms with Gasteiger partial charge in [0.15, 0.2) is 5.11 Å². The SMILES string of the molecule is Cc1ccc2n1CCN(C(=S)Nc1cc([N+](=O)[O-])ccc1Cl)[C@H]2C. The highest BCUT2D eigenvalue weighted by molar-refractivity contribution is 7.80. The summed E-state index contributed by atoms with van der Waals surface area (Å²) < 4.78 is 2.28. The number of nitro groups is 1. The molecule has 0 fully saturated rings. The van der Waals surface area contributed by atoms with Crippen LogP contribution in [0.25, 0.3) is 0 Å². The van der Waals surface area contributed by atoms with Gasteiger partial charge in [0.25, 0.3) is 5.69 Å². The monoisotopic (exact) mass is 364 g/mol. The molecule has 2 heterocycles. The molecule has 0 spiro atoms. The smallest absolute Gasteiger partial charge is 0.271 e. The summed E-state index contributed by atoms with van der Waals surface area (Å²) in [6, 6.07) is 8.59. The van der Waals surface area contributed by atoms with Crippen LogP contribution in [0.3, 0.4) is 0 Å². The number of fused-ring (bicyclic) bond motifs is 1. The Bertz CT molecular complexity index is 820. The van der Waals surface area contributed by atoms with E-state index >= 15 is 0 Å². The molecule has 3 rings (SSSR count). The molecule has 0 aliphatic carbocycles. The first-order valence-electron chi connectivity index (χ1n) is 7.56. The highest BCUT2D eigenvalue weighted by Gasteiger charge is 2.27. The number of nitrogens with one attached hydrogen (secondary N) is 1. The molecule has 1 atom stereocenters. The number of thiocarbonyl (C=S) groups is 1. The first-order valence-corrected chi connectivity index (χ1v) is 8.34. The number of anilines is 1. The lowest BCUT2D eigenvalue weighted by molar-refractivity contribution is -0.384. The third kappa shape index (κ3) is 2.97. The minimum Gasteiger partial charge on any atom is -0.345 e. The number of halogens is 1. The van der Waals surface area contributed by atoms with Crippen LogP contribution in [0, 0.1) is 17.0 Å². The minimum absolute atomic E-state index is 0.0270. The average Bonchev–Trinajstić information content (AvgIpc) is 2.92. The predicted molar refractivity (Wildman–Crippen MR) is 98.6 cm³/mol. The van der Waals surface area contributed by atoms with Crippen molar-refractivity contribution in [3.05, 3.63) is 56.9 Å². The van der Waals surface area contributed by atoms with Crippen LogP contribution in [-0.2, 0) is 6.54 Å². The molecule has 0 saturated heterocycles. The van der Waals surface area contributed by atoms with E-state index in [0.717, 1.165) is 13.1 Å². The van der Waals surface area contributed by atoms with Crippen molar-refractivity contribution < 1.29 is 4.92 Å². The maximum atomic E-state index is 10.9. The van der Waals surface area contributed by atoms with Crippen molar-refractivity contribution in [1.29, 1.82) is 0 Å². The fourth-order valence-electron chi connectivity index (χ4n) is 3.01. The van der Waals surface area contributed by atoms with Gasteiger partial charge in [0, 0.05) is 36.6 Å². The Morgan fingerprint density at radius 3 is 2.83 bits per heavy atom. The second-order valence-corrected chi connectivity index (χ2v) is 6.57. The molecule has 1 aliphatic heterocycles. The number of aryl methyl sites for hydroxylation is 1. The van der Waals surface area contributed by atoms with Crippen molar-refractivity contribution in [2.75, 3.05) is 11.9 Å². The summed E-state index contributed by atoms with van der Waals surface area (Å²) in [7, 11) is 0. The van der Waals surface area contributed by atoms with Crippen LogP contribution in [0.1, 0.15) is 24.4 Å². The number of non-ortho nitro benzene ring substituents is 1. The van der Waals surface area contributed by atoms with E-state index in [1.165, 1.54) is 29.6 Å². The molecule has 2 aromatic rings. The Morgan fingerprint density at radius 2 is 2.12 bits per heavy atom. The van der Waals surface area contributed by atoms with E-state index in [-0.39, 0.29) is 11.7 Å². The molecule has 0 radical (unpaired) electrons. The third-order valence-corrected chi connectivity index (χ3v) is 5.02. The van der Waals surface area contributed by atoms with E-state index in [9.17, 15) is 10.1 Å². The van der Waals surface area contributed by atoms with Crippen LogP contribution in [0.4, 0.5) is 11.4 Å². The molecule has 1 N–H and O–H groups in total. The van der Waals surface area contributed by atoms with Crippen LogP contribution in [0.15, 0.2) is 30.3 Å². The number of nitrogens with zero attached hydrogens (tertiary/aromatic N) is 3. The van der Waals surface area contributed by atoms with Gasteiger partial charge in [-0.25, -0.2) is 0 Å². The molecule has 0 bridgehead atoms. The van der Waals surface area contributed by atoms with E-state index in [1.807, 2.05) is 0 Å². The summed E-state index contributed by atoms with van der Waals surface area (Å²) in [5.41, 5.74) is 2.85. The molecule has 6 nitrogen and oxygen atoms in total. The lowest BCUT2D eigenvalue weighted by atomic mass is 10.1. The highest BCUT2D eigenvalue weighted by Crippen LogP contribution is 2.30. The molecule has 0 amide bonds. The van der Waals surface area contributed by atoms with Crippen LogP contribution >= 0.6 is 23.8 Å². The van der Waals surface area contributed by atoms with Gasteiger partial charge in [-0.05, 0) is 44.3 Å². The van der Waals surface area contributed by atoms with E-state index in [1.54, 1.807) is 0 Å². The quantitative estimate of drug-likeness (QED) is 0.493. The Balaban J connectivity index is 1.81. The van der Waals surface area contributed by atoms with Crippen LogP contribution in [-0.4, -0.2) is 26.0 Å². The molecule has 0 unspecified atom stereocenters. The predicted octanol–water partition coefficient (Wildman–Crippen LogP) is 4.13. The summed E-state index contributed by atoms with van der Waals surface area (Å²) in [6.07, 6.45) is 0. The molecular formula is C16H17ClN4O2S. The topological polar surface area (TPSA) is 63.3 Å². The van der Waals surface area contributed by atoms with Gasteiger partial charge in [-0.1, -0.05) is 11.6 Å². The van der Waals surface area contributed by atoms with Crippen molar-refractivity contribution >= 4 is 40.3 Å². The van der Waals surface area contributed by atoms with Crippen molar-refractivity contribution in [3.8, 4) is 0 Å². The Morgan fingerprint density at radius 1 is 1.38 bits per heavy atom. The van der Waals surface area contributed by atoms with Gasteiger partial charge in [0.05, 0.1) is 21.7 Å². The summed E-state index contributed by atoms with van der Waals surface area (Å²) >= 11 is 11.7. The molecule has 1 aromatic heterocycles. The first kappa shape index (κ1) is 16.7. The van der Waals surface area contributed by atoms with E-state index in [4.69, 9.17) is 23.8 Å². The number of rotatable bonds is 2. The first-order chi connectivity index (χ1) is 11.4. The molecule has 24 heavy (non-hydrogen) atoms. The number of aromatic nitrogens is 1. The van der Waals surface area contributed by atoms with Gasteiger partial charge in [0.1, 0.15) is 0 Å². The number of nitro benzene ring substituents is 1. The number of hydrogen-bond acceptors (Lipinski definition) is 3. The highest BCUT2D eigenvalue weighted by atomic mass is 35.5. The van der Waals surface area contributed by atoms with E-state index in [2.05, 4.69) is 40.8 Å². The maximum Gasteiger partial charge on any atom is 0.271 e. The lowest BCUT2D eigenvalue weighted by Gasteiger charge is -2.37. The second-order valence-electron chi connectivity index (χ2n) is 5.77. The summed E-state index contributed by atoms with van der Waals surface area (Å²) in [5, 5.41) is 14.9. The van der Waals surface area contributed by atoms with Gasteiger partial charge in [-0.3, -0.25) is 10.1 Å². The van der Waals surface area contributed by atoms with Gasteiger partial charge in [0.2, 0.25) is 0 Å². The van der Waals surface area contributed by atoms with E-state index in [0.29, 0.717) is 15.8 Å². The lowest BCUT2D eigenvalue weighted by Crippen LogP contribution is -2.43. The Hall–Kier alpha value is -2.12. The zero-order valence-corrected chi connectivity index (χ0v) is 14.9. The zero-order valence-electron chi connectivity index (χ0n) is 13.3. The van der Waals surface area contributed by atoms with Gasteiger partial charge >= 0.3 is 0 Å². The Labute approximate surface area is 150 Å². The molecule has 126 valence electrons. The standard InChI is InChI=1S/C16H17ClN4O2S/c1-10-3-6-15-11(2)20(8-7-19(10)15)16(24)18-14-9-12(21(22)23)4-5-13(14)17/h3-6,9,11H,7-8H2,1-2H3,(H,18,24)/t11-/m0/s1. The average molecular weight is 365 g/mol. The van der Waals surface area contributed by atoms with Crippen molar-refractivity contribution in [1.82, 2.24) is 9.47 Å². The van der Waals surface area contributed by atoms with Crippen LogP contribution < -0.4 is 5.32 Å². The summed E-state index contributed by atoms with van der Waals surface area (Å²) in [5.74, 6) is 0. The normalized spacial score (nSPS) is 16.6. The van der Waals surface area contributed by atoms with E-state index < -0.39 is 4.92 Å². The number of benzene rings is 1. The Kier molecular flexibility index (Phi) is 4.47. The van der Waals surface area contributed by atoms with Crippen molar-refractivity contribution in [2.45, 2.75) is 26.4 Å². The molecule has 1 aliphatic rings. The molecular weight excluding hydrogens is 348 g/mol. The third-order valence-electron chi connectivity index (χ3n) is 4.36. The largest absolute Gasteiger partial charge is 0.345 e. The summed E-state index contributed by atoms with van der Waals surface area (Å²) in [4.78, 5) is 12.5. The summed E-state index contributed by atoms with van der Waals surface area (Å²) in [6.45, 7) is 5.80. The molecule has 1 aromatic carbocycles. The maximum absolute atomic E-state index is 10.9. The van der Waals surface area contributed by atoms with Crippen LogP contribution in [0.5, 0.6) is 0 Å².